The van der Waals surface area contributed by atoms with E-state index < -0.39 is 10.0 Å². The van der Waals surface area contributed by atoms with Gasteiger partial charge in [0.2, 0.25) is 15.9 Å². The van der Waals surface area contributed by atoms with E-state index in [1.807, 2.05) is 18.4 Å². The Kier molecular flexibility index (Phi) is 6.59. The minimum Gasteiger partial charge on any atom is -0.380 e. The second-order valence-electron chi connectivity index (χ2n) is 6.68. The van der Waals surface area contributed by atoms with Crippen molar-refractivity contribution in [2.45, 2.75) is 51.8 Å². The first-order valence-corrected chi connectivity index (χ1v) is 10.4. The summed E-state index contributed by atoms with van der Waals surface area (Å²) in [7, 11) is -1.74. The Morgan fingerprint density at radius 3 is 2.68 bits per heavy atom. The summed E-state index contributed by atoms with van der Waals surface area (Å²) in [4.78, 5) is 16.6. The third kappa shape index (κ3) is 5.52. The van der Waals surface area contributed by atoms with Crippen LogP contribution in [-0.4, -0.2) is 55.9 Å². The molecule has 0 bridgehead atoms. The molecule has 1 aliphatic carbocycles. The largest absolute Gasteiger partial charge is 0.380 e. The number of sulfonamides is 1. The molecule has 0 aromatic carbocycles. The number of methoxy groups -OCH3 is 1. The van der Waals surface area contributed by atoms with Gasteiger partial charge in [0, 0.05) is 37.9 Å². The zero-order valence-electron chi connectivity index (χ0n) is 15.3. The molecular formula is C16H28N4O4S. The average molecular weight is 372 g/mol. The number of nitrogens with zero attached hydrogens (tertiary/aromatic N) is 2. The maximum atomic E-state index is 12.4. The maximum absolute atomic E-state index is 12.4. The molecule has 9 heteroatoms. The number of amides is 1. The van der Waals surface area contributed by atoms with Gasteiger partial charge >= 0.3 is 0 Å². The van der Waals surface area contributed by atoms with E-state index in [-0.39, 0.29) is 24.0 Å². The third-order valence-electron chi connectivity index (χ3n) is 4.83. The van der Waals surface area contributed by atoms with Crippen LogP contribution in [0.15, 0.2) is 6.33 Å². The molecule has 25 heavy (non-hydrogen) atoms. The number of carbonyl (C=O) groups is 1. The number of rotatable bonds is 7. The van der Waals surface area contributed by atoms with Crippen molar-refractivity contribution in [2.24, 2.45) is 5.92 Å². The Labute approximate surface area is 149 Å². The first kappa shape index (κ1) is 19.9. The molecule has 2 rings (SSSR count). The molecule has 1 aliphatic rings. The van der Waals surface area contributed by atoms with Crippen molar-refractivity contribution in [1.29, 1.82) is 0 Å². The van der Waals surface area contributed by atoms with E-state index in [0.29, 0.717) is 32.4 Å². The van der Waals surface area contributed by atoms with Crippen LogP contribution in [0.5, 0.6) is 0 Å². The lowest BCUT2D eigenvalue weighted by atomic mass is 9.83. The topological polar surface area (TPSA) is 102 Å². The number of imidazole rings is 1. The van der Waals surface area contributed by atoms with Crippen molar-refractivity contribution in [3.8, 4) is 0 Å². The molecule has 0 saturated heterocycles. The van der Waals surface area contributed by atoms with E-state index in [9.17, 15) is 13.2 Å². The number of carbonyl (C=O) groups excluding carboxylic acids is 1. The molecule has 3 atom stereocenters. The molecule has 1 saturated carbocycles. The van der Waals surface area contributed by atoms with E-state index in [0.717, 1.165) is 17.6 Å². The summed E-state index contributed by atoms with van der Waals surface area (Å²) in [6, 6.07) is -0.277. The molecule has 0 spiro atoms. The second kappa shape index (κ2) is 8.29. The normalized spacial score (nSPS) is 24.2. The lowest BCUT2D eigenvalue weighted by molar-refractivity contribution is -0.127. The fourth-order valence-electron chi connectivity index (χ4n) is 3.25. The number of aryl methyl sites for hydroxylation is 1. The molecular weight excluding hydrogens is 344 g/mol. The summed E-state index contributed by atoms with van der Waals surface area (Å²) in [6.07, 6.45) is 4.36. The molecule has 1 fully saturated rings. The van der Waals surface area contributed by atoms with Gasteiger partial charge in [0.1, 0.15) is 0 Å². The predicted octanol–water partition coefficient (Wildman–Crippen LogP) is 0.349. The van der Waals surface area contributed by atoms with Crippen LogP contribution in [0.2, 0.25) is 0 Å². The summed E-state index contributed by atoms with van der Waals surface area (Å²) in [6.45, 7) is 5.17. The molecule has 1 heterocycles. The van der Waals surface area contributed by atoms with Gasteiger partial charge in [-0.15, -0.1) is 0 Å². The molecule has 142 valence electrons. The van der Waals surface area contributed by atoms with Gasteiger partial charge in [-0.05, 0) is 33.1 Å². The Hall–Kier alpha value is -1.45. The summed E-state index contributed by atoms with van der Waals surface area (Å²) >= 11 is 0. The predicted molar refractivity (Wildman–Crippen MR) is 94.6 cm³/mol. The van der Waals surface area contributed by atoms with Gasteiger partial charge in [-0.1, -0.05) is 0 Å². The highest BCUT2D eigenvalue weighted by molar-refractivity contribution is 7.88. The van der Waals surface area contributed by atoms with Crippen LogP contribution in [-0.2, 0) is 26.1 Å². The zero-order valence-corrected chi connectivity index (χ0v) is 16.1. The number of ether oxygens (including phenoxy) is 1. The number of aromatic nitrogens is 2. The summed E-state index contributed by atoms with van der Waals surface area (Å²) in [5.41, 5.74) is 2.09. The van der Waals surface area contributed by atoms with Gasteiger partial charge in [-0.3, -0.25) is 4.79 Å². The summed E-state index contributed by atoms with van der Waals surface area (Å²) < 4.78 is 32.9. The monoisotopic (exact) mass is 372 g/mol. The molecule has 1 amide bonds. The Balaban J connectivity index is 1.83. The number of hydrogen-bond donors (Lipinski definition) is 2. The average Bonchev–Trinajstić information content (AvgIpc) is 2.85. The SMILES string of the molecule is CO[C@@H]1C[C@@H](C(=O)NCCn2cnc(C)c2C)CC[C@H]1NS(C)(=O)=O. The fourth-order valence-corrected chi connectivity index (χ4v) is 4.07. The van der Waals surface area contributed by atoms with Crippen molar-refractivity contribution in [3.63, 3.8) is 0 Å². The van der Waals surface area contributed by atoms with Gasteiger partial charge in [-0.2, -0.15) is 0 Å². The van der Waals surface area contributed by atoms with Gasteiger partial charge in [0.15, 0.2) is 0 Å². The lowest BCUT2D eigenvalue weighted by Crippen LogP contribution is -2.49. The lowest BCUT2D eigenvalue weighted by Gasteiger charge is -2.34. The van der Waals surface area contributed by atoms with Crippen molar-refractivity contribution >= 4 is 15.9 Å². The smallest absolute Gasteiger partial charge is 0.223 e. The van der Waals surface area contributed by atoms with Crippen molar-refractivity contribution in [1.82, 2.24) is 19.6 Å². The van der Waals surface area contributed by atoms with Crippen LogP contribution in [0.3, 0.4) is 0 Å². The van der Waals surface area contributed by atoms with Crippen LogP contribution >= 0.6 is 0 Å². The fraction of sp³-hybridized carbons (Fsp3) is 0.750. The molecule has 0 unspecified atom stereocenters. The van der Waals surface area contributed by atoms with Crippen LogP contribution in [0.25, 0.3) is 0 Å². The molecule has 8 nitrogen and oxygen atoms in total. The molecule has 2 N–H and O–H groups in total. The first-order valence-electron chi connectivity index (χ1n) is 8.47. The van der Waals surface area contributed by atoms with E-state index in [1.165, 1.54) is 0 Å². The van der Waals surface area contributed by atoms with Crippen LogP contribution in [0, 0.1) is 19.8 Å². The minimum atomic E-state index is -3.29. The highest BCUT2D eigenvalue weighted by atomic mass is 32.2. The third-order valence-corrected chi connectivity index (χ3v) is 5.56. The first-order chi connectivity index (χ1) is 11.7. The molecule has 0 aliphatic heterocycles. The Morgan fingerprint density at radius 2 is 2.12 bits per heavy atom. The standard InChI is InChI=1S/C16H28N4O4S/c1-11-12(2)20(10-18-11)8-7-17-16(21)13-5-6-14(15(9-13)24-3)19-25(4,22)23/h10,13-15,19H,5-9H2,1-4H3,(H,17,21)/t13-,14+,15+/m0/s1. The highest BCUT2D eigenvalue weighted by Crippen LogP contribution is 2.27. The van der Waals surface area contributed by atoms with Gasteiger partial charge in [0.05, 0.1) is 24.4 Å². The number of hydrogen-bond acceptors (Lipinski definition) is 5. The van der Waals surface area contributed by atoms with Gasteiger partial charge < -0.3 is 14.6 Å². The Bertz CT molecular complexity index is 701. The van der Waals surface area contributed by atoms with Crippen molar-refractivity contribution in [3.05, 3.63) is 17.7 Å². The zero-order chi connectivity index (χ0) is 18.6. The summed E-state index contributed by atoms with van der Waals surface area (Å²) in [5, 5.41) is 2.96. The number of nitrogens with one attached hydrogen (secondary N) is 2. The van der Waals surface area contributed by atoms with Crippen molar-refractivity contribution < 1.29 is 17.9 Å². The van der Waals surface area contributed by atoms with Gasteiger partial charge in [0.25, 0.3) is 0 Å². The highest BCUT2D eigenvalue weighted by Gasteiger charge is 2.35. The van der Waals surface area contributed by atoms with E-state index in [1.54, 1.807) is 13.4 Å². The van der Waals surface area contributed by atoms with Crippen LogP contribution in [0.1, 0.15) is 30.7 Å². The van der Waals surface area contributed by atoms with Crippen LogP contribution in [0.4, 0.5) is 0 Å². The Morgan fingerprint density at radius 1 is 1.40 bits per heavy atom. The molecule has 0 radical (unpaired) electrons. The van der Waals surface area contributed by atoms with Crippen molar-refractivity contribution in [2.75, 3.05) is 19.9 Å². The van der Waals surface area contributed by atoms with Gasteiger partial charge in [-0.25, -0.2) is 18.1 Å². The second-order valence-corrected chi connectivity index (χ2v) is 8.46. The van der Waals surface area contributed by atoms with E-state index >= 15 is 0 Å². The summed E-state index contributed by atoms with van der Waals surface area (Å²) in [5.74, 6) is -0.164. The molecule has 1 aromatic rings. The van der Waals surface area contributed by atoms with Crippen LogP contribution < -0.4 is 10.0 Å². The van der Waals surface area contributed by atoms with E-state index in [4.69, 9.17) is 4.74 Å². The quantitative estimate of drug-likeness (QED) is 0.719. The minimum absolute atomic E-state index is 0.00524. The maximum Gasteiger partial charge on any atom is 0.223 e. The molecule has 1 aromatic heterocycles. The van der Waals surface area contributed by atoms with E-state index in [2.05, 4.69) is 15.0 Å².